The van der Waals surface area contributed by atoms with E-state index in [0.29, 0.717) is 17.8 Å². The summed E-state index contributed by atoms with van der Waals surface area (Å²) in [6.45, 7) is 0. The smallest absolute Gasteiger partial charge is 0.335 e. The lowest BCUT2D eigenvalue weighted by Crippen LogP contribution is -2.21. The first-order valence-corrected chi connectivity index (χ1v) is 7.07. The lowest BCUT2D eigenvalue weighted by molar-refractivity contribution is -0.118. The van der Waals surface area contributed by atoms with Crippen molar-refractivity contribution in [2.75, 3.05) is 11.1 Å². The second-order valence-corrected chi connectivity index (χ2v) is 5.91. The van der Waals surface area contributed by atoms with Crippen molar-refractivity contribution in [3.05, 3.63) is 59.2 Å². The number of nitrogens with two attached hydrogens (primary N) is 1. The number of nitrogens with one attached hydrogen (secondary N) is 1. The zero-order chi connectivity index (χ0) is 15.5. The minimum atomic E-state index is -0.984. The number of rotatable bonds is 2. The molecule has 4 rings (SSSR count). The van der Waals surface area contributed by atoms with Gasteiger partial charge in [-0.3, -0.25) is 4.79 Å². The summed E-state index contributed by atoms with van der Waals surface area (Å²) in [5.74, 6) is -0.966. The fourth-order valence-corrected chi connectivity index (χ4v) is 3.45. The summed E-state index contributed by atoms with van der Waals surface area (Å²) in [7, 11) is 0. The van der Waals surface area contributed by atoms with Crippen LogP contribution in [0.2, 0.25) is 0 Å². The van der Waals surface area contributed by atoms with Gasteiger partial charge in [0.15, 0.2) is 0 Å². The molecule has 1 aliphatic carbocycles. The molecule has 0 bridgehead atoms. The van der Waals surface area contributed by atoms with Crippen molar-refractivity contribution in [3.8, 4) is 0 Å². The molecule has 0 aromatic heterocycles. The zero-order valence-electron chi connectivity index (χ0n) is 11.7. The van der Waals surface area contributed by atoms with Crippen LogP contribution >= 0.6 is 0 Å². The molecule has 4 N–H and O–H groups in total. The van der Waals surface area contributed by atoms with Crippen molar-refractivity contribution < 1.29 is 14.7 Å². The van der Waals surface area contributed by atoms with Gasteiger partial charge in [-0.05, 0) is 47.9 Å². The Morgan fingerprint density at radius 1 is 1.23 bits per heavy atom. The molecule has 2 atom stereocenters. The Kier molecular flexibility index (Phi) is 2.40. The van der Waals surface area contributed by atoms with E-state index in [-0.39, 0.29) is 17.4 Å². The maximum atomic E-state index is 12.5. The zero-order valence-corrected chi connectivity index (χ0v) is 11.7. The number of benzene rings is 2. The first kappa shape index (κ1) is 12.9. The maximum Gasteiger partial charge on any atom is 0.335 e. The lowest BCUT2D eigenvalue weighted by atomic mass is 9.91. The van der Waals surface area contributed by atoms with Crippen LogP contribution in [0.5, 0.6) is 0 Å². The summed E-state index contributed by atoms with van der Waals surface area (Å²) in [4.78, 5) is 23.6. The molecule has 1 heterocycles. The monoisotopic (exact) mass is 294 g/mol. The second kappa shape index (κ2) is 4.10. The van der Waals surface area contributed by atoms with E-state index in [2.05, 4.69) is 5.32 Å². The number of nitrogen functional groups attached to an aromatic ring is 1. The van der Waals surface area contributed by atoms with Gasteiger partial charge in [0.05, 0.1) is 11.0 Å². The number of fused-ring (bicyclic) bond motifs is 2. The molecule has 1 saturated carbocycles. The third-order valence-electron chi connectivity index (χ3n) is 4.70. The molecule has 0 radical (unpaired) electrons. The highest BCUT2D eigenvalue weighted by Gasteiger charge is 2.65. The SMILES string of the molecule is Nc1ccc(C2CC23C(=O)Nc2ccc(C(=O)O)cc23)cc1. The quantitative estimate of drug-likeness (QED) is 0.741. The van der Waals surface area contributed by atoms with Gasteiger partial charge in [-0.2, -0.15) is 0 Å². The average molecular weight is 294 g/mol. The summed E-state index contributed by atoms with van der Waals surface area (Å²) in [5.41, 5.74) is 8.53. The van der Waals surface area contributed by atoms with Gasteiger partial charge in [0.25, 0.3) is 0 Å². The number of carbonyl (C=O) groups is 2. The number of carboxylic acid groups (broad SMARTS) is 1. The highest BCUT2D eigenvalue weighted by Crippen LogP contribution is 2.65. The van der Waals surface area contributed by atoms with E-state index in [0.717, 1.165) is 11.1 Å². The summed E-state index contributed by atoms with van der Waals surface area (Å²) in [6, 6.07) is 12.3. The standard InChI is InChI=1S/C17H14N2O3/c18-11-4-1-9(2-5-11)13-8-17(13)12-7-10(15(20)21)3-6-14(12)19-16(17)22/h1-7,13H,8,18H2,(H,19,22)(H,20,21). The molecule has 2 aromatic carbocycles. The average Bonchev–Trinajstić information content (AvgIpc) is 3.18. The molecule has 1 fully saturated rings. The van der Waals surface area contributed by atoms with Crippen LogP contribution in [0.1, 0.15) is 33.8 Å². The Balaban J connectivity index is 1.79. The van der Waals surface area contributed by atoms with E-state index in [1.165, 1.54) is 6.07 Å². The molecule has 5 nitrogen and oxygen atoms in total. The summed E-state index contributed by atoms with van der Waals surface area (Å²) >= 11 is 0. The van der Waals surface area contributed by atoms with E-state index in [1.807, 2.05) is 24.3 Å². The predicted molar refractivity (Wildman–Crippen MR) is 81.9 cm³/mol. The van der Waals surface area contributed by atoms with Gasteiger partial charge in [-0.15, -0.1) is 0 Å². The van der Waals surface area contributed by atoms with Crippen molar-refractivity contribution in [1.29, 1.82) is 0 Å². The number of hydrogen-bond acceptors (Lipinski definition) is 3. The molecule has 1 amide bonds. The largest absolute Gasteiger partial charge is 0.478 e. The molecule has 22 heavy (non-hydrogen) atoms. The summed E-state index contributed by atoms with van der Waals surface area (Å²) in [5, 5.41) is 12.0. The van der Waals surface area contributed by atoms with Crippen LogP contribution in [0.4, 0.5) is 11.4 Å². The van der Waals surface area contributed by atoms with Crippen molar-refractivity contribution in [2.45, 2.75) is 17.8 Å². The van der Waals surface area contributed by atoms with Gasteiger partial charge in [0.2, 0.25) is 5.91 Å². The number of amides is 1. The van der Waals surface area contributed by atoms with Crippen LogP contribution < -0.4 is 11.1 Å². The minimum Gasteiger partial charge on any atom is -0.478 e. The molecule has 2 aliphatic rings. The van der Waals surface area contributed by atoms with Gasteiger partial charge in [0, 0.05) is 17.3 Å². The second-order valence-electron chi connectivity index (χ2n) is 5.91. The third kappa shape index (κ3) is 1.59. The summed E-state index contributed by atoms with van der Waals surface area (Å²) < 4.78 is 0. The fraction of sp³-hybridized carbons (Fsp3) is 0.176. The molecular weight excluding hydrogens is 280 g/mol. The Hall–Kier alpha value is -2.82. The Morgan fingerprint density at radius 3 is 2.64 bits per heavy atom. The van der Waals surface area contributed by atoms with Gasteiger partial charge in [-0.1, -0.05) is 12.1 Å². The first-order chi connectivity index (χ1) is 10.5. The lowest BCUT2D eigenvalue weighted by Gasteiger charge is -2.09. The number of carbonyl (C=O) groups excluding carboxylic acids is 1. The Bertz CT molecular complexity index is 813. The molecular formula is C17H14N2O3. The van der Waals surface area contributed by atoms with Crippen LogP contribution in [-0.4, -0.2) is 17.0 Å². The van der Waals surface area contributed by atoms with Crippen molar-refractivity contribution in [2.24, 2.45) is 0 Å². The molecule has 1 aliphatic heterocycles. The molecule has 1 spiro atoms. The maximum absolute atomic E-state index is 12.5. The van der Waals surface area contributed by atoms with Crippen molar-refractivity contribution in [1.82, 2.24) is 0 Å². The first-order valence-electron chi connectivity index (χ1n) is 7.07. The topological polar surface area (TPSA) is 92.4 Å². The van der Waals surface area contributed by atoms with Gasteiger partial charge >= 0.3 is 5.97 Å². The van der Waals surface area contributed by atoms with E-state index < -0.39 is 11.4 Å². The van der Waals surface area contributed by atoms with Crippen molar-refractivity contribution >= 4 is 23.3 Å². The number of carboxylic acids is 1. The predicted octanol–water partition coefficient (Wildman–Crippen LogP) is 2.34. The Morgan fingerprint density at radius 2 is 1.95 bits per heavy atom. The van der Waals surface area contributed by atoms with Crippen LogP contribution in [-0.2, 0) is 10.2 Å². The summed E-state index contributed by atoms with van der Waals surface area (Å²) in [6.07, 6.45) is 0.693. The van der Waals surface area contributed by atoms with E-state index in [9.17, 15) is 9.59 Å². The van der Waals surface area contributed by atoms with Gasteiger partial charge in [-0.25, -0.2) is 4.79 Å². The van der Waals surface area contributed by atoms with Crippen LogP contribution in [0.15, 0.2) is 42.5 Å². The van der Waals surface area contributed by atoms with Crippen LogP contribution in [0.25, 0.3) is 0 Å². The number of aromatic carboxylic acids is 1. The van der Waals surface area contributed by atoms with E-state index in [1.54, 1.807) is 12.1 Å². The molecule has 5 heteroatoms. The molecule has 110 valence electrons. The minimum absolute atomic E-state index is 0.0492. The fourth-order valence-electron chi connectivity index (χ4n) is 3.45. The van der Waals surface area contributed by atoms with Gasteiger partial charge in [0.1, 0.15) is 0 Å². The molecule has 2 unspecified atom stereocenters. The van der Waals surface area contributed by atoms with Crippen molar-refractivity contribution in [3.63, 3.8) is 0 Å². The molecule has 0 saturated heterocycles. The van der Waals surface area contributed by atoms with E-state index in [4.69, 9.17) is 10.8 Å². The number of hydrogen-bond donors (Lipinski definition) is 3. The number of anilines is 2. The molecule has 2 aromatic rings. The van der Waals surface area contributed by atoms with Crippen LogP contribution in [0, 0.1) is 0 Å². The highest BCUT2D eigenvalue weighted by atomic mass is 16.4. The Labute approximate surface area is 126 Å². The normalized spacial score (nSPS) is 24.9. The van der Waals surface area contributed by atoms with Crippen LogP contribution in [0.3, 0.4) is 0 Å². The highest BCUT2D eigenvalue weighted by molar-refractivity contribution is 6.10. The third-order valence-corrected chi connectivity index (χ3v) is 4.70. The van der Waals surface area contributed by atoms with E-state index >= 15 is 0 Å². The van der Waals surface area contributed by atoms with Gasteiger partial charge < -0.3 is 16.2 Å².